The summed E-state index contributed by atoms with van der Waals surface area (Å²) in [5.74, 6) is 0.758. The molecule has 3 atom stereocenters. The Morgan fingerprint density at radius 2 is 1.44 bits per heavy atom. The average molecular weight is 681 g/mol. The molecule has 0 radical (unpaired) electrons. The van der Waals surface area contributed by atoms with E-state index in [4.69, 9.17) is 4.74 Å². The van der Waals surface area contributed by atoms with Gasteiger partial charge in [0.25, 0.3) is 0 Å². The maximum atomic E-state index is 13.8. The summed E-state index contributed by atoms with van der Waals surface area (Å²) < 4.78 is 90.4. The van der Waals surface area contributed by atoms with Gasteiger partial charge in [0.15, 0.2) is 0 Å². The quantitative estimate of drug-likeness (QED) is 0.222. The minimum atomic E-state index is -4.98. The number of likely N-dealkylation sites (tertiary alicyclic amines) is 1. The first-order chi connectivity index (χ1) is 22.7. The molecule has 0 bridgehead atoms. The van der Waals surface area contributed by atoms with E-state index in [1.165, 1.54) is 0 Å². The number of anilines is 1. The van der Waals surface area contributed by atoms with Gasteiger partial charge in [-0.3, -0.25) is 4.68 Å². The molecule has 1 saturated heterocycles. The van der Waals surface area contributed by atoms with Crippen LogP contribution in [0.2, 0.25) is 0 Å². The van der Waals surface area contributed by atoms with E-state index in [-0.39, 0.29) is 48.4 Å². The number of benzene rings is 1. The molecule has 2 aliphatic rings. The molecule has 3 heterocycles. The van der Waals surface area contributed by atoms with Gasteiger partial charge in [0, 0.05) is 61.4 Å². The third-order valence-electron chi connectivity index (χ3n) is 9.63. The number of aromatic nitrogens is 4. The molecular formula is C34H42F6N6O2. The lowest BCUT2D eigenvalue weighted by Crippen LogP contribution is -2.57. The fourth-order valence-electron chi connectivity index (χ4n) is 6.94. The summed E-state index contributed by atoms with van der Waals surface area (Å²) in [5, 5.41) is 4.16. The molecule has 262 valence electrons. The second-order valence-electron chi connectivity index (χ2n) is 13.1. The Morgan fingerprint density at radius 1 is 0.875 bits per heavy atom. The second-order valence-corrected chi connectivity index (χ2v) is 13.1. The highest BCUT2D eigenvalue weighted by Crippen LogP contribution is 2.39. The number of ether oxygens (including phenoxy) is 1. The van der Waals surface area contributed by atoms with E-state index in [1.807, 2.05) is 13.8 Å². The zero-order valence-electron chi connectivity index (χ0n) is 27.6. The van der Waals surface area contributed by atoms with Gasteiger partial charge >= 0.3 is 18.4 Å². The predicted molar refractivity (Wildman–Crippen MR) is 168 cm³/mol. The number of nitrogens with zero attached hydrogens (tertiary/aromatic N) is 6. The lowest BCUT2D eigenvalue weighted by atomic mass is 9.87. The SMILES string of the molecule is CC[C@@H]1CC(N(Cc2cc(C(F)(F)F)cc(C(F)(F)F)c2)c2ncc(-c3cnn(C)c3)cn2)C[C@H](CC)N1C(=O)OC1CCC(C)CC1. The van der Waals surface area contributed by atoms with Crippen LogP contribution >= 0.6 is 0 Å². The Hall–Kier alpha value is -3.84. The van der Waals surface area contributed by atoms with Crippen molar-refractivity contribution >= 4 is 12.0 Å². The minimum Gasteiger partial charge on any atom is -0.446 e. The molecule has 2 aromatic heterocycles. The summed E-state index contributed by atoms with van der Waals surface area (Å²) >= 11 is 0. The molecule has 1 saturated carbocycles. The lowest BCUT2D eigenvalue weighted by Gasteiger charge is -2.47. The summed E-state index contributed by atoms with van der Waals surface area (Å²) in [4.78, 5) is 26.2. The van der Waals surface area contributed by atoms with Gasteiger partial charge in [-0.25, -0.2) is 14.8 Å². The van der Waals surface area contributed by atoms with Crippen LogP contribution in [0, 0.1) is 5.92 Å². The van der Waals surface area contributed by atoms with E-state index in [2.05, 4.69) is 22.0 Å². The van der Waals surface area contributed by atoms with Gasteiger partial charge in [-0.2, -0.15) is 31.4 Å². The third-order valence-corrected chi connectivity index (χ3v) is 9.63. The monoisotopic (exact) mass is 680 g/mol. The van der Waals surface area contributed by atoms with Crippen molar-refractivity contribution in [1.29, 1.82) is 0 Å². The molecule has 2 fully saturated rings. The van der Waals surface area contributed by atoms with Crippen LogP contribution in [0.25, 0.3) is 11.1 Å². The van der Waals surface area contributed by atoms with E-state index in [1.54, 1.807) is 46.3 Å². The molecule has 0 spiro atoms. The number of aryl methyl sites for hydroxylation is 1. The molecule has 0 N–H and O–H groups in total. The first kappa shape index (κ1) is 35.5. The van der Waals surface area contributed by atoms with Crippen LogP contribution in [0.1, 0.15) is 88.8 Å². The summed E-state index contributed by atoms with van der Waals surface area (Å²) in [6, 6.07) is 0.690. The van der Waals surface area contributed by atoms with Crippen molar-refractivity contribution in [1.82, 2.24) is 24.6 Å². The summed E-state index contributed by atoms with van der Waals surface area (Å²) in [6.07, 6.45) is 1.65. The summed E-state index contributed by atoms with van der Waals surface area (Å²) in [7, 11) is 1.76. The van der Waals surface area contributed by atoms with Crippen molar-refractivity contribution in [2.45, 2.75) is 115 Å². The van der Waals surface area contributed by atoms with E-state index >= 15 is 0 Å². The van der Waals surface area contributed by atoms with Crippen molar-refractivity contribution in [2.75, 3.05) is 4.90 Å². The molecule has 3 aromatic rings. The standard InChI is InChI=1S/C34H42F6N6O2/c1-5-27-14-29(15-28(6-2)46(27)32(47)48-30-9-7-21(3)8-10-30)45(31-41-16-23(17-42-31)24-18-43-44(4)20-24)19-22-11-25(33(35,36)37)13-26(12-22)34(38,39)40/h11-13,16-18,20-21,27-30H,5-10,14-15,19H2,1-4H3/t21?,27-,28+,29?,30?. The van der Waals surface area contributed by atoms with Gasteiger partial charge in [-0.15, -0.1) is 0 Å². The van der Waals surface area contributed by atoms with Crippen molar-refractivity contribution in [3.8, 4) is 11.1 Å². The van der Waals surface area contributed by atoms with Crippen molar-refractivity contribution in [3.63, 3.8) is 0 Å². The Kier molecular flexibility index (Phi) is 10.6. The topological polar surface area (TPSA) is 76.4 Å². The molecular weight excluding hydrogens is 638 g/mol. The fourth-order valence-corrected chi connectivity index (χ4v) is 6.94. The van der Waals surface area contributed by atoms with Crippen molar-refractivity contribution < 1.29 is 35.9 Å². The number of hydrogen-bond acceptors (Lipinski definition) is 6. The fraction of sp³-hybridized carbons (Fsp3) is 0.588. The third kappa shape index (κ3) is 8.23. The van der Waals surface area contributed by atoms with Crippen LogP contribution in [0.5, 0.6) is 0 Å². The van der Waals surface area contributed by atoms with Crippen LogP contribution in [0.3, 0.4) is 0 Å². The number of carbonyl (C=O) groups is 1. The van der Waals surface area contributed by atoms with Gasteiger partial charge in [0.2, 0.25) is 5.95 Å². The normalized spacial score (nSPS) is 23.6. The summed E-state index contributed by atoms with van der Waals surface area (Å²) in [5.41, 5.74) is -1.54. The first-order valence-corrected chi connectivity index (χ1v) is 16.5. The molecule has 48 heavy (non-hydrogen) atoms. The Balaban J connectivity index is 1.48. The Bertz CT molecular complexity index is 1490. The number of rotatable bonds is 8. The summed E-state index contributed by atoms with van der Waals surface area (Å²) in [6.45, 7) is 5.79. The highest BCUT2D eigenvalue weighted by atomic mass is 19.4. The Labute approximate surface area is 276 Å². The number of halogens is 6. The van der Waals surface area contributed by atoms with Crippen LogP contribution in [0.15, 0.2) is 43.0 Å². The van der Waals surface area contributed by atoms with Gasteiger partial charge in [0.05, 0.1) is 17.3 Å². The van der Waals surface area contributed by atoms with E-state index in [0.29, 0.717) is 37.2 Å². The van der Waals surface area contributed by atoms with Crippen LogP contribution < -0.4 is 4.90 Å². The lowest BCUT2D eigenvalue weighted by molar-refractivity contribution is -0.143. The predicted octanol–water partition coefficient (Wildman–Crippen LogP) is 8.66. The minimum absolute atomic E-state index is 0.129. The van der Waals surface area contributed by atoms with Gasteiger partial charge < -0.3 is 14.5 Å². The number of carbonyl (C=O) groups excluding carboxylic acids is 1. The number of hydrogen-bond donors (Lipinski definition) is 0. The van der Waals surface area contributed by atoms with Gasteiger partial charge in [0.1, 0.15) is 6.10 Å². The highest BCUT2D eigenvalue weighted by Gasteiger charge is 2.42. The number of piperidine rings is 1. The molecule has 8 nitrogen and oxygen atoms in total. The van der Waals surface area contributed by atoms with E-state index < -0.39 is 29.5 Å². The number of amides is 1. The first-order valence-electron chi connectivity index (χ1n) is 16.5. The van der Waals surface area contributed by atoms with Crippen molar-refractivity contribution in [2.24, 2.45) is 13.0 Å². The molecule has 1 aliphatic carbocycles. The largest absolute Gasteiger partial charge is 0.446 e. The molecule has 1 unspecified atom stereocenters. The van der Waals surface area contributed by atoms with Gasteiger partial charge in [-0.05, 0) is 81.0 Å². The number of alkyl halides is 6. The smallest absolute Gasteiger partial charge is 0.416 e. The van der Waals surface area contributed by atoms with Crippen LogP contribution in [0.4, 0.5) is 37.1 Å². The van der Waals surface area contributed by atoms with Crippen molar-refractivity contribution in [3.05, 3.63) is 59.7 Å². The molecule has 1 amide bonds. The molecule has 1 aromatic carbocycles. The molecule has 5 rings (SSSR count). The van der Waals surface area contributed by atoms with E-state index in [0.717, 1.165) is 43.4 Å². The molecule has 14 heteroatoms. The Morgan fingerprint density at radius 3 is 1.92 bits per heavy atom. The maximum Gasteiger partial charge on any atom is 0.416 e. The van der Waals surface area contributed by atoms with E-state index in [9.17, 15) is 31.1 Å². The highest BCUT2D eigenvalue weighted by molar-refractivity contribution is 5.69. The maximum absolute atomic E-state index is 13.8. The molecule has 1 aliphatic heterocycles. The van der Waals surface area contributed by atoms with Gasteiger partial charge in [-0.1, -0.05) is 20.8 Å². The zero-order valence-corrected chi connectivity index (χ0v) is 27.6. The second kappa shape index (κ2) is 14.3. The zero-order chi connectivity index (χ0) is 34.8. The van der Waals surface area contributed by atoms with Crippen LogP contribution in [-0.2, 0) is 30.7 Å². The average Bonchev–Trinajstić information content (AvgIpc) is 3.49. The van der Waals surface area contributed by atoms with Crippen LogP contribution in [-0.4, -0.2) is 55.0 Å².